The maximum atomic E-state index is 15.6. The van der Waals surface area contributed by atoms with Gasteiger partial charge >= 0.3 is 6.09 Å². The van der Waals surface area contributed by atoms with Crippen molar-refractivity contribution >= 4 is 23.0 Å². The van der Waals surface area contributed by atoms with Crippen molar-refractivity contribution in [2.45, 2.75) is 56.7 Å². The number of hydrogen-bond donors (Lipinski definition) is 0. The van der Waals surface area contributed by atoms with Crippen LogP contribution in [0.25, 0.3) is 22.3 Å². The molecule has 0 radical (unpaired) electrons. The first-order valence-corrected chi connectivity index (χ1v) is 16.7. The van der Waals surface area contributed by atoms with Gasteiger partial charge in [-0.25, -0.2) is 19.7 Å². The first-order chi connectivity index (χ1) is 23.0. The lowest BCUT2D eigenvalue weighted by Crippen LogP contribution is -2.53. The standard InChI is InChI=1S/C40H36N4O3/c1-24-20-31-32(21-25(24)2)42-37-36(41-31)29-16-9-10-17-30(29)40(37)35(34(27-14-7-4-8-15-27)33-18-11-19-43(33)40)38(45)44-28(23-47-39(44)46)22-26-12-5-3-6-13-26/h3-10,12-17,20-21,28,33-35H,11,18-19,22-23H2,1-2H3/t28-,33+,34-,35+,40-/m0/s1. The highest BCUT2D eigenvalue weighted by atomic mass is 16.6. The minimum absolute atomic E-state index is 0.0915. The predicted octanol–water partition coefficient (Wildman–Crippen LogP) is 6.94. The van der Waals surface area contributed by atoms with E-state index in [1.54, 1.807) is 0 Å². The smallest absolute Gasteiger partial charge is 0.416 e. The summed E-state index contributed by atoms with van der Waals surface area (Å²) in [4.78, 5) is 44.0. The Morgan fingerprint density at radius 1 is 0.894 bits per heavy atom. The van der Waals surface area contributed by atoms with Gasteiger partial charge in [-0.2, -0.15) is 0 Å². The van der Waals surface area contributed by atoms with Gasteiger partial charge in [0.05, 0.1) is 34.4 Å². The van der Waals surface area contributed by atoms with Crippen LogP contribution in [0.5, 0.6) is 0 Å². The van der Waals surface area contributed by atoms with Crippen molar-refractivity contribution in [3.05, 3.63) is 131 Å². The molecule has 2 amide bonds. The van der Waals surface area contributed by atoms with Gasteiger partial charge in [-0.1, -0.05) is 84.9 Å². The van der Waals surface area contributed by atoms with Gasteiger partial charge in [0.2, 0.25) is 5.91 Å². The summed E-state index contributed by atoms with van der Waals surface area (Å²) in [5.41, 5.74) is 8.99. The van der Waals surface area contributed by atoms with Crippen molar-refractivity contribution in [2.24, 2.45) is 5.92 Å². The van der Waals surface area contributed by atoms with E-state index in [4.69, 9.17) is 14.7 Å². The van der Waals surface area contributed by atoms with E-state index < -0.39 is 23.6 Å². The molecule has 5 aromatic rings. The summed E-state index contributed by atoms with van der Waals surface area (Å²) in [6, 6.07) is 32.8. The highest BCUT2D eigenvalue weighted by molar-refractivity contribution is 5.98. The minimum Gasteiger partial charge on any atom is -0.447 e. The van der Waals surface area contributed by atoms with E-state index in [1.807, 2.05) is 42.5 Å². The summed E-state index contributed by atoms with van der Waals surface area (Å²) in [7, 11) is 0. The van der Waals surface area contributed by atoms with Crippen molar-refractivity contribution in [2.75, 3.05) is 13.2 Å². The zero-order chi connectivity index (χ0) is 31.9. The topological polar surface area (TPSA) is 75.6 Å². The third kappa shape index (κ3) is 4.02. The fourth-order valence-electron chi connectivity index (χ4n) is 9.12. The van der Waals surface area contributed by atoms with Crippen LogP contribution >= 0.6 is 0 Å². The molecule has 7 heteroatoms. The Bertz CT molecular complexity index is 2070. The maximum Gasteiger partial charge on any atom is 0.416 e. The summed E-state index contributed by atoms with van der Waals surface area (Å²) in [5.74, 6) is -0.977. The Hall–Kier alpha value is -4.88. The number of amides is 2. The molecule has 5 atom stereocenters. The molecule has 7 nitrogen and oxygen atoms in total. The fourth-order valence-corrected chi connectivity index (χ4v) is 9.12. The molecule has 4 aromatic carbocycles. The fraction of sp³-hybridized carbons (Fsp3) is 0.300. The first kappa shape index (κ1) is 28.4. The van der Waals surface area contributed by atoms with Gasteiger partial charge in [-0.15, -0.1) is 0 Å². The molecule has 47 heavy (non-hydrogen) atoms. The maximum absolute atomic E-state index is 15.6. The molecule has 1 aliphatic carbocycles. The molecule has 0 saturated carbocycles. The minimum atomic E-state index is -0.898. The molecule has 0 N–H and O–H groups in total. The summed E-state index contributed by atoms with van der Waals surface area (Å²) in [6.07, 6.45) is 1.96. The molecule has 0 bridgehead atoms. The average molecular weight is 621 g/mol. The van der Waals surface area contributed by atoms with Crippen LogP contribution in [0.4, 0.5) is 4.79 Å². The number of ether oxygens (including phenoxy) is 1. The molecule has 4 aliphatic rings. The third-order valence-electron chi connectivity index (χ3n) is 11.2. The predicted molar refractivity (Wildman–Crippen MR) is 180 cm³/mol. The zero-order valence-corrected chi connectivity index (χ0v) is 26.6. The van der Waals surface area contributed by atoms with E-state index >= 15 is 4.79 Å². The second-order valence-electron chi connectivity index (χ2n) is 13.6. The molecule has 4 heterocycles. The van der Waals surface area contributed by atoms with Gasteiger partial charge in [0.15, 0.2) is 0 Å². The van der Waals surface area contributed by atoms with E-state index in [1.165, 1.54) is 10.5 Å². The van der Waals surface area contributed by atoms with E-state index in [0.717, 1.165) is 69.6 Å². The number of carbonyl (C=O) groups excluding carboxylic acids is 2. The molecule has 3 saturated heterocycles. The zero-order valence-electron chi connectivity index (χ0n) is 26.6. The van der Waals surface area contributed by atoms with Crippen molar-refractivity contribution in [1.82, 2.24) is 19.8 Å². The second kappa shape index (κ2) is 10.6. The SMILES string of the molecule is Cc1cc2nc3c(nc2cc1C)[C@]1(c2ccccc2-3)[C@@H](C(=O)N2C(=O)OC[C@@H]2Cc2ccccc2)[C@@H](c2ccccc2)[C@H]2CCCN21. The van der Waals surface area contributed by atoms with Crippen molar-refractivity contribution in [1.29, 1.82) is 0 Å². The second-order valence-corrected chi connectivity index (χ2v) is 13.6. The Balaban J connectivity index is 1.30. The van der Waals surface area contributed by atoms with Gasteiger partial charge in [-0.3, -0.25) is 9.69 Å². The number of carbonyl (C=O) groups is 2. The number of aryl methyl sites for hydroxylation is 2. The Morgan fingerprint density at radius 3 is 2.34 bits per heavy atom. The van der Waals surface area contributed by atoms with E-state index in [0.29, 0.717) is 6.42 Å². The van der Waals surface area contributed by atoms with Gasteiger partial charge in [0.1, 0.15) is 12.1 Å². The number of cyclic esters (lactones) is 1. The summed E-state index contributed by atoms with van der Waals surface area (Å²) in [5, 5.41) is 0. The average Bonchev–Trinajstić information content (AvgIpc) is 3.84. The van der Waals surface area contributed by atoms with Crippen molar-refractivity contribution in [3.63, 3.8) is 0 Å². The lowest BCUT2D eigenvalue weighted by Gasteiger charge is -2.40. The number of fused-ring (bicyclic) bond motifs is 8. The number of rotatable bonds is 4. The van der Waals surface area contributed by atoms with Crippen LogP contribution < -0.4 is 0 Å². The summed E-state index contributed by atoms with van der Waals surface area (Å²) in [6.45, 7) is 5.21. The molecular weight excluding hydrogens is 584 g/mol. The van der Waals surface area contributed by atoms with Crippen molar-refractivity contribution < 1.29 is 14.3 Å². The quantitative estimate of drug-likeness (QED) is 0.217. The van der Waals surface area contributed by atoms with E-state index in [9.17, 15) is 4.79 Å². The third-order valence-corrected chi connectivity index (χ3v) is 11.2. The van der Waals surface area contributed by atoms with Crippen LogP contribution in [0, 0.1) is 19.8 Å². The van der Waals surface area contributed by atoms with Crippen LogP contribution in [0.15, 0.2) is 97.1 Å². The molecule has 3 aliphatic heterocycles. The first-order valence-electron chi connectivity index (χ1n) is 16.7. The Labute approximate surface area is 274 Å². The molecular formula is C40H36N4O3. The number of hydrogen-bond acceptors (Lipinski definition) is 6. The molecule has 3 fully saturated rings. The van der Waals surface area contributed by atoms with Crippen molar-refractivity contribution in [3.8, 4) is 11.3 Å². The summed E-state index contributed by atoms with van der Waals surface area (Å²) >= 11 is 0. The molecule has 0 unspecified atom stereocenters. The summed E-state index contributed by atoms with van der Waals surface area (Å²) < 4.78 is 5.66. The Morgan fingerprint density at radius 2 is 1.57 bits per heavy atom. The van der Waals surface area contributed by atoms with Crippen LogP contribution in [0.1, 0.15) is 52.3 Å². The number of imide groups is 1. The molecule has 9 rings (SSSR count). The normalized spacial score (nSPS) is 26.1. The number of aromatic nitrogens is 2. The molecule has 1 spiro atoms. The van der Waals surface area contributed by atoms with Gasteiger partial charge in [-0.05, 0) is 79.6 Å². The van der Waals surface area contributed by atoms with Crippen LogP contribution in [0.3, 0.4) is 0 Å². The lowest BCUT2D eigenvalue weighted by molar-refractivity contribution is -0.136. The van der Waals surface area contributed by atoms with Gasteiger partial charge in [0.25, 0.3) is 0 Å². The van der Waals surface area contributed by atoms with E-state index in [-0.39, 0.29) is 24.5 Å². The van der Waals surface area contributed by atoms with Crippen LogP contribution in [-0.4, -0.2) is 57.0 Å². The van der Waals surface area contributed by atoms with E-state index in [2.05, 4.69) is 73.3 Å². The largest absolute Gasteiger partial charge is 0.447 e. The number of benzene rings is 4. The highest BCUT2D eigenvalue weighted by Crippen LogP contribution is 2.65. The molecule has 234 valence electrons. The van der Waals surface area contributed by atoms with Crippen LogP contribution in [-0.2, 0) is 21.5 Å². The van der Waals surface area contributed by atoms with Crippen LogP contribution in [0.2, 0.25) is 0 Å². The lowest BCUT2D eigenvalue weighted by atomic mass is 9.70. The Kier molecular flexibility index (Phi) is 6.38. The van der Waals surface area contributed by atoms with Gasteiger partial charge < -0.3 is 4.74 Å². The monoisotopic (exact) mass is 620 g/mol. The van der Waals surface area contributed by atoms with Gasteiger partial charge in [0, 0.05) is 17.5 Å². The highest BCUT2D eigenvalue weighted by Gasteiger charge is 2.69. The number of nitrogens with zero attached hydrogens (tertiary/aromatic N) is 4. The molecule has 1 aromatic heterocycles.